The summed E-state index contributed by atoms with van der Waals surface area (Å²) in [5.41, 5.74) is 2.22. The Morgan fingerprint density at radius 2 is 1.18 bits per heavy atom. The average Bonchev–Trinajstić information content (AvgIpc) is 2.90. The maximum atomic E-state index is 6.27. The first kappa shape index (κ1) is 21.7. The molecule has 0 saturated carbocycles. The first-order valence-corrected chi connectivity index (χ1v) is 11.2. The van der Waals surface area contributed by atoms with Gasteiger partial charge < -0.3 is 18.9 Å². The fourth-order valence-electron chi connectivity index (χ4n) is 4.19. The highest BCUT2D eigenvalue weighted by Crippen LogP contribution is 2.43. The predicted octanol–water partition coefficient (Wildman–Crippen LogP) is 7.17. The van der Waals surface area contributed by atoms with E-state index in [1.54, 1.807) is 14.2 Å². The van der Waals surface area contributed by atoms with Gasteiger partial charge in [0, 0.05) is 16.8 Å². The Labute approximate surface area is 199 Å². The molecule has 0 atom stereocenters. The largest absolute Gasteiger partial charge is 0.496 e. The van der Waals surface area contributed by atoms with Crippen molar-refractivity contribution in [3.63, 3.8) is 0 Å². The molecule has 0 aromatic heterocycles. The van der Waals surface area contributed by atoms with Gasteiger partial charge in [0.2, 0.25) is 0 Å². The number of fused-ring (bicyclic) bond motifs is 3. The fourth-order valence-corrected chi connectivity index (χ4v) is 4.19. The Hall–Kier alpha value is -4.18. The summed E-state index contributed by atoms with van der Waals surface area (Å²) >= 11 is 0. The van der Waals surface area contributed by atoms with Crippen LogP contribution in [0.25, 0.3) is 21.5 Å². The van der Waals surface area contributed by atoms with Gasteiger partial charge in [-0.1, -0.05) is 66.7 Å². The molecule has 0 bridgehead atoms. The van der Waals surface area contributed by atoms with Gasteiger partial charge in [-0.05, 0) is 46.2 Å². The monoisotopic (exact) mass is 450 g/mol. The molecule has 5 aromatic rings. The SMILES string of the molecule is COc1ccc2c(ccc3cc(OCc4ccccc4)cc(OC)c32)c1OCc1ccccc1. The predicted molar refractivity (Wildman–Crippen MR) is 136 cm³/mol. The summed E-state index contributed by atoms with van der Waals surface area (Å²) in [4.78, 5) is 0. The molecule has 0 unspecified atom stereocenters. The molecule has 0 aliphatic heterocycles. The third kappa shape index (κ3) is 4.35. The second kappa shape index (κ2) is 9.75. The van der Waals surface area contributed by atoms with E-state index in [-0.39, 0.29) is 0 Å². The van der Waals surface area contributed by atoms with Gasteiger partial charge in [0.1, 0.15) is 24.7 Å². The zero-order valence-corrected chi connectivity index (χ0v) is 19.3. The molecule has 0 aliphatic carbocycles. The van der Waals surface area contributed by atoms with Crippen LogP contribution in [0.3, 0.4) is 0 Å². The van der Waals surface area contributed by atoms with Crippen LogP contribution in [-0.2, 0) is 13.2 Å². The molecule has 0 aliphatic rings. The van der Waals surface area contributed by atoms with Crippen LogP contribution in [0.15, 0.2) is 97.1 Å². The van der Waals surface area contributed by atoms with Crippen molar-refractivity contribution in [2.24, 2.45) is 0 Å². The van der Waals surface area contributed by atoms with E-state index in [4.69, 9.17) is 18.9 Å². The van der Waals surface area contributed by atoms with Crippen molar-refractivity contribution in [2.75, 3.05) is 14.2 Å². The van der Waals surface area contributed by atoms with E-state index >= 15 is 0 Å². The van der Waals surface area contributed by atoms with Crippen molar-refractivity contribution in [3.8, 4) is 23.0 Å². The highest BCUT2D eigenvalue weighted by molar-refractivity contribution is 6.13. The van der Waals surface area contributed by atoms with Crippen molar-refractivity contribution in [2.45, 2.75) is 13.2 Å². The van der Waals surface area contributed by atoms with Crippen LogP contribution in [0.5, 0.6) is 23.0 Å². The molecule has 0 radical (unpaired) electrons. The lowest BCUT2D eigenvalue weighted by Gasteiger charge is -2.17. The molecule has 0 saturated heterocycles. The lowest BCUT2D eigenvalue weighted by atomic mass is 9.99. The van der Waals surface area contributed by atoms with Crippen LogP contribution in [0.2, 0.25) is 0 Å². The molecule has 4 nitrogen and oxygen atoms in total. The summed E-state index contributed by atoms with van der Waals surface area (Å²) in [6, 6.07) is 32.4. The topological polar surface area (TPSA) is 36.9 Å². The minimum atomic E-state index is 0.456. The summed E-state index contributed by atoms with van der Waals surface area (Å²) in [6.07, 6.45) is 0. The molecule has 34 heavy (non-hydrogen) atoms. The van der Waals surface area contributed by atoms with Crippen LogP contribution in [-0.4, -0.2) is 14.2 Å². The Balaban J connectivity index is 1.55. The third-order valence-electron chi connectivity index (χ3n) is 5.88. The van der Waals surface area contributed by atoms with E-state index < -0.39 is 0 Å². The molecule has 4 heteroatoms. The van der Waals surface area contributed by atoms with Gasteiger partial charge in [0.25, 0.3) is 0 Å². The highest BCUT2D eigenvalue weighted by Gasteiger charge is 2.16. The van der Waals surface area contributed by atoms with E-state index in [0.717, 1.165) is 49.9 Å². The van der Waals surface area contributed by atoms with E-state index in [9.17, 15) is 0 Å². The average molecular weight is 451 g/mol. The van der Waals surface area contributed by atoms with E-state index in [2.05, 4.69) is 36.4 Å². The number of methoxy groups -OCH3 is 2. The lowest BCUT2D eigenvalue weighted by molar-refractivity contribution is 0.288. The number of ether oxygens (including phenoxy) is 4. The minimum Gasteiger partial charge on any atom is -0.496 e. The molecular weight excluding hydrogens is 424 g/mol. The molecule has 5 aromatic carbocycles. The van der Waals surface area contributed by atoms with Crippen molar-refractivity contribution >= 4 is 21.5 Å². The van der Waals surface area contributed by atoms with Crippen LogP contribution in [0.1, 0.15) is 11.1 Å². The van der Waals surface area contributed by atoms with Gasteiger partial charge in [0.05, 0.1) is 14.2 Å². The second-order valence-electron chi connectivity index (χ2n) is 8.03. The molecule has 5 rings (SSSR count). The van der Waals surface area contributed by atoms with Gasteiger partial charge in [-0.25, -0.2) is 0 Å². The number of hydrogen-bond donors (Lipinski definition) is 0. The maximum absolute atomic E-state index is 6.27. The Morgan fingerprint density at radius 1 is 0.559 bits per heavy atom. The Bertz CT molecular complexity index is 1410. The molecule has 170 valence electrons. The number of benzene rings is 5. The molecule has 0 N–H and O–H groups in total. The number of rotatable bonds is 8. The van der Waals surface area contributed by atoms with Gasteiger partial charge in [-0.3, -0.25) is 0 Å². The standard InChI is InChI=1S/C30H26O4/c1-31-27-16-15-25-26(30(27)34-20-22-11-7-4-8-12-22)14-13-23-17-24(18-28(32-2)29(23)25)33-19-21-9-5-3-6-10-21/h3-18H,19-20H2,1-2H3. The van der Waals surface area contributed by atoms with Crippen LogP contribution in [0.4, 0.5) is 0 Å². The van der Waals surface area contributed by atoms with Crippen LogP contribution >= 0.6 is 0 Å². The summed E-state index contributed by atoms with van der Waals surface area (Å²) in [5.74, 6) is 2.94. The highest BCUT2D eigenvalue weighted by atomic mass is 16.5. The minimum absolute atomic E-state index is 0.456. The zero-order chi connectivity index (χ0) is 23.3. The van der Waals surface area contributed by atoms with Crippen molar-refractivity contribution in [3.05, 3.63) is 108 Å². The first-order valence-electron chi connectivity index (χ1n) is 11.2. The lowest BCUT2D eigenvalue weighted by Crippen LogP contribution is -1.99. The quantitative estimate of drug-likeness (QED) is 0.235. The van der Waals surface area contributed by atoms with Crippen LogP contribution in [0, 0.1) is 0 Å². The van der Waals surface area contributed by atoms with Crippen molar-refractivity contribution in [1.82, 2.24) is 0 Å². The fraction of sp³-hybridized carbons (Fsp3) is 0.133. The van der Waals surface area contributed by atoms with Gasteiger partial charge >= 0.3 is 0 Å². The third-order valence-corrected chi connectivity index (χ3v) is 5.88. The molecule has 0 amide bonds. The first-order chi connectivity index (χ1) is 16.8. The summed E-state index contributed by atoms with van der Waals surface area (Å²) in [5, 5.41) is 4.06. The summed E-state index contributed by atoms with van der Waals surface area (Å²) in [6.45, 7) is 0.954. The van der Waals surface area contributed by atoms with Gasteiger partial charge in [0.15, 0.2) is 11.5 Å². The molecule has 0 spiro atoms. The second-order valence-corrected chi connectivity index (χ2v) is 8.03. The maximum Gasteiger partial charge on any atom is 0.169 e. The van der Waals surface area contributed by atoms with E-state index in [1.807, 2.05) is 60.7 Å². The zero-order valence-electron chi connectivity index (χ0n) is 19.3. The van der Waals surface area contributed by atoms with Gasteiger partial charge in [-0.15, -0.1) is 0 Å². The Morgan fingerprint density at radius 3 is 1.82 bits per heavy atom. The van der Waals surface area contributed by atoms with Gasteiger partial charge in [-0.2, -0.15) is 0 Å². The van der Waals surface area contributed by atoms with E-state index in [0.29, 0.717) is 19.0 Å². The van der Waals surface area contributed by atoms with Crippen LogP contribution < -0.4 is 18.9 Å². The molecule has 0 heterocycles. The smallest absolute Gasteiger partial charge is 0.169 e. The van der Waals surface area contributed by atoms with Crippen molar-refractivity contribution < 1.29 is 18.9 Å². The van der Waals surface area contributed by atoms with E-state index in [1.165, 1.54) is 0 Å². The number of hydrogen-bond acceptors (Lipinski definition) is 4. The summed E-state index contributed by atoms with van der Waals surface area (Å²) in [7, 11) is 3.35. The Kier molecular flexibility index (Phi) is 6.21. The molecule has 0 fully saturated rings. The normalized spacial score (nSPS) is 10.9. The summed E-state index contributed by atoms with van der Waals surface area (Å²) < 4.78 is 23.8. The van der Waals surface area contributed by atoms with Crippen molar-refractivity contribution in [1.29, 1.82) is 0 Å². The molecular formula is C30H26O4.